The van der Waals surface area contributed by atoms with Gasteiger partial charge >= 0.3 is 6.03 Å². The molecule has 0 saturated carbocycles. The number of benzene rings is 1. The second-order valence-corrected chi connectivity index (χ2v) is 7.15. The van der Waals surface area contributed by atoms with Gasteiger partial charge in [-0.1, -0.05) is 42.0 Å². The Morgan fingerprint density at radius 1 is 1.00 bits per heavy atom. The van der Waals surface area contributed by atoms with Gasteiger partial charge in [-0.25, -0.2) is 4.79 Å². The van der Waals surface area contributed by atoms with Gasteiger partial charge in [0, 0.05) is 39.3 Å². The Morgan fingerprint density at radius 3 is 2.52 bits per heavy atom. The van der Waals surface area contributed by atoms with Crippen molar-refractivity contribution in [2.24, 2.45) is 0 Å². The fraction of sp³-hybridized carbons (Fsp3) is 0.571. The normalized spacial score (nSPS) is 18.7. The summed E-state index contributed by atoms with van der Waals surface area (Å²) in [5.41, 5.74) is 2.91. The second-order valence-electron chi connectivity index (χ2n) is 7.15. The zero-order chi connectivity index (χ0) is 17.3. The molecule has 2 amide bonds. The number of hydrogen-bond donors (Lipinski definition) is 1. The molecule has 4 nitrogen and oxygen atoms in total. The first-order valence-corrected chi connectivity index (χ1v) is 9.78. The lowest BCUT2D eigenvalue weighted by Gasteiger charge is -2.34. The predicted molar refractivity (Wildman–Crippen MR) is 103 cm³/mol. The van der Waals surface area contributed by atoms with Crippen LogP contribution in [-0.2, 0) is 6.42 Å². The van der Waals surface area contributed by atoms with Crippen molar-refractivity contribution < 1.29 is 4.79 Å². The molecule has 1 aromatic rings. The number of urea groups is 1. The van der Waals surface area contributed by atoms with Crippen molar-refractivity contribution >= 4 is 6.03 Å². The molecule has 1 aromatic carbocycles. The number of amides is 2. The van der Waals surface area contributed by atoms with Crippen molar-refractivity contribution in [2.45, 2.75) is 38.5 Å². The van der Waals surface area contributed by atoms with Crippen LogP contribution in [0.25, 0.3) is 0 Å². The lowest BCUT2D eigenvalue weighted by Crippen LogP contribution is -2.52. The van der Waals surface area contributed by atoms with Gasteiger partial charge < -0.3 is 10.2 Å². The predicted octanol–water partition coefficient (Wildman–Crippen LogP) is 3.45. The Morgan fingerprint density at radius 2 is 1.80 bits per heavy atom. The van der Waals surface area contributed by atoms with Crippen molar-refractivity contribution in [3.05, 3.63) is 47.5 Å². The highest BCUT2D eigenvalue weighted by Crippen LogP contribution is 2.19. The molecule has 136 valence electrons. The maximum absolute atomic E-state index is 12.3. The van der Waals surface area contributed by atoms with E-state index in [4.69, 9.17) is 0 Å². The average molecular weight is 341 g/mol. The molecule has 1 aliphatic heterocycles. The lowest BCUT2D eigenvalue weighted by molar-refractivity contribution is 0.140. The molecule has 3 rings (SSSR count). The third kappa shape index (κ3) is 5.89. The summed E-state index contributed by atoms with van der Waals surface area (Å²) in [5.74, 6) is 0. The second kappa shape index (κ2) is 9.62. The van der Waals surface area contributed by atoms with Gasteiger partial charge in [-0.05, 0) is 44.1 Å². The number of hydrogen-bond acceptors (Lipinski definition) is 2. The van der Waals surface area contributed by atoms with Gasteiger partial charge in [0.15, 0.2) is 0 Å². The van der Waals surface area contributed by atoms with Crippen LogP contribution < -0.4 is 5.32 Å². The molecule has 0 radical (unpaired) electrons. The number of carbonyl (C=O) groups excluding carboxylic acids is 1. The van der Waals surface area contributed by atoms with E-state index in [0.29, 0.717) is 0 Å². The fourth-order valence-corrected chi connectivity index (χ4v) is 3.68. The Labute approximate surface area is 151 Å². The first-order chi connectivity index (χ1) is 12.3. The van der Waals surface area contributed by atoms with E-state index in [9.17, 15) is 4.79 Å². The van der Waals surface area contributed by atoms with Crippen molar-refractivity contribution in [3.63, 3.8) is 0 Å². The van der Waals surface area contributed by atoms with E-state index < -0.39 is 0 Å². The number of nitrogens with one attached hydrogen (secondary N) is 1. The first-order valence-electron chi connectivity index (χ1n) is 9.78. The molecule has 4 heteroatoms. The molecule has 0 atom stereocenters. The summed E-state index contributed by atoms with van der Waals surface area (Å²) < 4.78 is 0. The summed E-state index contributed by atoms with van der Waals surface area (Å²) in [5, 5.41) is 3.10. The van der Waals surface area contributed by atoms with E-state index in [0.717, 1.165) is 52.1 Å². The van der Waals surface area contributed by atoms with E-state index in [1.165, 1.54) is 36.8 Å². The Bertz CT molecular complexity index is 562. The first kappa shape index (κ1) is 18.0. The van der Waals surface area contributed by atoms with Crippen LogP contribution >= 0.6 is 0 Å². The van der Waals surface area contributed by atoms with Gasteiger partial charge in [-0.2, -0.15) is 0 Å². The molecular weight excluding hydrogens is 310 g/mol. The van der Waals surface area contributed by atoms with Crippen LogP contribution in [0.3, 0.4) is 0 Å². The maximum Gasteiger partial charge on any atom is 0.317 e. The molecule has 1 heterocycles. The molecule has 1 fully saturated rings. The van der Waals surface area contributed by atoms with Crippen molar-refractivity contribution in [2.75, 3.05) is 39.3 Å². The van der Waals surface area contributed by atoms with Gasteiger partial charge in [0.1, 0.15) is 0 Å². The molecule has 0 spiro atoms. The van der Waals surface area contributed by atoms with Gasteiger partial charge in [-0.15, -0.1) is 0 Å². The van der Waals surface area contributed by atoms with E-state index in [1.54, 1.807) is 0 Å². The SMILES string of the molecule is O=C(NCCC1=CCCCC1)N1CCN(CCc2ccccc2)CC1. The largest absolute Gasteiger partial charge is 0.338 e. The smallest absolute Gasteiger partial charge is 0.317 e. The summed E-state index contributed by atoms with van der Waals surface area (Å²) in [4.78, 5) is 16.7. The average Bonchev–Trinajstić information content (AvgIpc) is 2.68. The highest BCUT2D eigenvalue weighted by molar-refractivity contribution is 5.74. The highest BCUT2D eigenvalue weighted by atomic mass is 16.2. The summed E-state index contributed by atoms with van der Waals surface area (Å²) in [6, 6.07) is 10.7. The highest BCUT2D eigenvalue weighted by Gasteiger charge is 2.20. The summed E-state index contributed by atoms with van der Waals surface area (Å²) in [6.45, 7) is 5.48. The summed E-state index contributed by atoms with van der Waals surface area (Å²) >= 11 is 0. The minimum Gasteiger partial charge on any atom is -0.338 e. The molecule has 1 N–H and O–H groups in total. The van der Waals surface area contributed by atoms with Gasteiger partial charge in [0.25, 0.3) is 0 Å². The molecule has 1 aliphatic carbocycles. The van der Waals surface area contributed by atoms with E-state index >= 15 is 0 Å². The summed E-state index contributed by atoms with van der Waals surface area (Å²) in [7, 11) is 0. The topological polar surface area (TPSA) is 35.6 Å². The molecule has 1 saturated heterocycles. The third-order valence-electron chi connectivity index (χ3n) is 5.33. The van der Waals surface area contributed by atoms with Crippen LogP contribution in [0.1, 0.15) is 37.7 Å². The molecule has 0 aromatic heterocycles. The van der Waals surface area contributed by atoms with Gasteiger partial charge in [-0.3, -0.25) is 4.90 Å². The van der Waals surface area contributed by atoms with Crippen molar-refractivity contribution in [1.82, 2.24) is 15.1 Å². The molecule has 25 heavy (non-hydrogen) atoms. The van der Waals surface area contributed by atoms with Crippen LogP contribution in [0.15, 0.2) is 42.0 Å². The van der Waals surface area contributed by atoms with Crippen LogP contribution in [0.4, 0.5) is 4.79 Å². The van der Waals surface area contributed by atoms with Crippen LogP contribution in [-0.4, -0.2) is 55.1 Å². The minimum absolute atomic E-state index is 0.110. The molecular formula is C21H31N3O. The standard InChI is InChI=1S/C21H31N3O/c25-21(22-13-11-19-7-3-1-4-8-19)24-17-15-23(16-18-24)14-12-20-9-5-2-6-10-20/h2,5-7,9-10H,1,3-4,8,11-18H2,(H,22,25). The number of allylic oxidation sites excluding steroid dienone is 1. The van der Waals surface area contributed by atoms with Crippen LogP contribution in [0.5, 0.6) is 0 Å². The Kier molecular flexibility index (Phi) is 6.92. The molecule has 2 aliphatic rings. The Balaban J connectivity index is 1.31. The zero-order valence-corrected chi connectivity index (χ0v) is 15.3. The monoisotopic (exact) mass is 341 g/mol. The molecule has 0 bridgehead atoms. The minimum atomic E-state index is 0.110. The third-order valence-corrected chi connectivity index (χ3v) is 5.33. The van der Waals surface area contributed by atoms with E-state index in [-0.39, 0.29) is 6.03 Å². The van der Waals surface area contributed by atoms with Crippen molar-refractivity contribution in [3.8, 4) is 0 Å². The number of carbonyl (C=O) groups is 1. The number of nitrogens with zero attached hydrogens (tertiary/aromatic N) is 2. The number of piperazine rings is 1. The lowest BCUT2D eigenvalue weighted by atomic mass is 9.97. The van der Waals surface area contributed by atoms with Crippen molar-refractivity contribution in [1.29, 1.82) is 0 Å². The van der Waals surface area contributed by atoms with Gasteiger partial charge in [0.05, 0.1) is 0 Å². The quantitative estimate of drug-likeness (QED) is 0.805. The van der Waals surface area contributed by atoms with Crippen LogP contribution in [0, 0.1) is 0 Å². The van der Waals surface area contributed by atoms with Gasteiger partial charge in [0.2, 0.25) is 0 Å². The Hall–Kier alpha value is -1.81. The number of rotatable bonds is 6. The summed E-state index contributed by atoms with van der Waals surface area (Å²) in [6.07, 6.45) is 9.53. The van der Waals surface area contributed by atoms with E-state index in [1.807, 2.05) is 4.90 Å². The fourth-order valence-electron chi connectivity index (χ4n) is 3.68. The van der Waals surface area contributed by atoms with Crippen LogP contribution in [0.2, 0.25) is 0 Å². The van der Waals surface area contributed by atoms with E-state index in [2.05, 4.69) is 46.6 Å². The maximum atomic E-state index is 12.3. The molecule has 0 unspecified atom stereocenters. The zero-order valence-electron chi connectivity index (χ0n) is 15.3.